The third-order valence-electron chi connectivity index (χ3n) is 5.99. The Hall–Kier alpha value is -3.44. The Balaban J connectivity index is 1.57. The van der Waals surface area contributed by atoms with Crippen molar-refractivity contribution < 1.29 is 4.79 Å². The Morgan fingerprint density at radius 3 is 2.70 bits per heavy atom. The zero-order valence-corrected chi connectivity index (χ0v) is 17.2. The van der Waals surface area contributed by atoms with E-state index in [4.69, 9.17) is 0 Å². The third-order valence-corrected chi connectivity index (χ3v) is 5.99. The predicted molar refractivity (Wildman–Crippen MR) is 121 cm³/mol. The first-order chi connectivity index (χ1) is 14.6. The molecule has 1 aliphatic heterocycles. The maximum absolute atomic E-state index is 11.8. The summed E-state index contributed by atoms with van der Waals surface area (Å²) < 4.78 is 0. The van der Waals surface area contributed by atoms with Crippen LogP contribution in [0.1, 0.15) is 27.0 Å². The summed E-state index contributed by atoms with van der Waals surface area (Å²) in [6.07, 6.45) is 4.99. The summed E-state index contributed by atoms with van der Waals surface area (Å²) in [6.45, 7) is 4.17. The quantitative estimate of drug-likeness (QED) is 0.486. The molecule has 0 spiro atoms. The van der Waals surface area contributed by atoms with Gasteiger partial charge in [0, 0.05) is 48.1 Å². The topological polar surface area (TPSA) is 69.8 Å². The van der Waals surface area contributed by atoms with E-state index in [1.165, 1.54) is 22.3 Å². The average Bonchev–Trinajstić information content (AvgIpc) is 3.22. The minimum atomic E-state index is -0.0811. The second-order valence-electron chi connectivity index (χ2n) is 7.84. The second-order valence-corrected chi connectivity index (χ2v) is 7.84. The van der Waals surface area contributed by atoms with Gasteiger partial charge in [0.1, 0.15) is 5.65 Å². The largest absolute Gasteiger partial charge is 0.355 e. The number of carbonyl (C=O) groups is 1. The van der Waals surface area contributed by atoms with Gasteiger partial charge in [0.15, 0.2) is 0 Å². The maximum atomic E-state index is 11.8. The Morgan fingerprint density at radius 1 is 1.07 bits per heavy atom. The van der Waals surface area contributed by atoms with E-state index < -0.39 is 0 Å². The monoisotopic (exact) mass is 396 g/mol. The molecule has 5 rings (SSSR count). The van der Waals surface area contributed by atoms with Gasteiger partial charge in [-0.3, -0.25) is 4.79 Å². The van der Waals surface area contributed by atoms with Crippen LogP contribution in [0.15, 0.2) is 54.9 Å². The van der Waals surface area contributed by atoms with Gasteiger partial charge >= 0.3 is 0 Å². The molecule has 0 fully saturated rings. The Bertz CT molecular complexity index is 1250. The van der Waals surface area contributed by atoms with E-state index in [0.29, 0.717) is 5.56 Å². The third kappa shape index (κ3) is 3.17. The van der Waals surface area contributed by atoms with Crippen LogP contribution in [0.5, 0.6) is 0 Å². The maximum Gasteiger partial charge on any atom is 0.251 e. The van der Waals surface area contributed by atoms with E-state index >= 15 is 0 Å². The lowest BCUT2D eigenvalue weighted by Gasteiger charge is -2.20. The van der Waals surface area contributed by atoms with Gasteiger partial charge in [0.05, 0.1) is 0 Å². The molecular formula is C25H24N4O. The molecule has 4 aromatic rings. The van der Waals surface area contributed by atoms with Crippen molar-refractivity contribution in [1.29, 1.82) is 0 Å². The van der Waals surface area contributed by atoms with Crippen LogP contribution in [0.25, 0.3) is 33.3 Å². The summed E-state index contributed by atoms with van der Waals surface area (Å²) in [7, 11) is 1.64. The Kier molecular flexibility index (Phi) is 4.60. The number of H-pyrrole nitrogens is 1. The number of amides is 1. The van der Waals surface area contributed by atoms with Crippen LogP contribution in [0.4, 0.5) is 0 Å². The van der Waals surface area contributed by atoms with Crippen molar-refractivity contribution in [2.75, 3.05) is 13.6 Å². The van der Waals surface area contributed by atoms with Crippen molar-refractivity contribution in [3.8, 4) is 22.3 Å². The summed E-state index contributed by atoms with van der Waals surface area (Å²) in [4.78, 5) is 19.8. The molecule has 0 saturated carbocycles. The van der Waals surface area contributed by atoms with Gasteiger partial charge in [0.25, 0.3) is 5.91 Å². The minimum absolute atomic E-state index is 0.0811. The van der Waals surface area contributed by atoms with Crippen LogP contribution in [0.2, 0.25) is 0 Å². The van der Waals surface area contributed by atoms with Gasteiger partial charge in [-0.05, 0) is 65.9 Å². The lowest BCUT2D eigenvalue weighted by atomic mass is 9.91. The number of nitrogens with one attached hydrogen (secondary N) is 3. The molecule has 0 atom stereocenters. The molecule has 2 aromatic carbocycles. The summed E-state index contributed by atoms with van der Waals surface area (Å²) in [6, 6.07) is 14.5. The predicted octanol–water partition coefficient (Wildman–Crippen LogP) is 4.21. The van der Waals surface area contributed by atoms with Crippen molar-refractivity contribution in [3.05, 3.63) is 77.1 Å². The number of nitrogens with zero attached hydrogens (tertiary/aromatic N) is 1. The highest BCUT2D eigenvalue weighted by Gasteiger charge is 2.15. The fourth-order valence-electron chi connectivity index (χ4n) is 4.31. The fraction of sp³-hybridized carbons (Fsp3) is 0.200. The van der Waals surface area contributed by atoms with Crippen LogP contribution in [-0.4, -0.2) is 29.5 Å². The molecule has 30 heavy (non-hydrogen) atoms. The molecule has 1 aliphatic rings. The first-order valence-electron chi connectivity index (χ1n) is 10.3. The molecule has 3 N–H and O–H groups in total. The molecule has 0 unspecified atom stereocenters. The zero-order chi connectivity index (χ0) is 20.7. The van der Waals surface area contributed by atoms with Crippen LogP contribution >= 0.6 is 0 Å². The van der Waals surface area contributed by atoms with E-state index in [0.717, 1.165) is 47.2 Å². The number of aromatic nitrogens is 2. The summed E-state index contributed by atoms with van der Waals surface area (Å²) >= 11 is 0. The molecule has 150 valence electrons. The van der Waals surface area contributed by atoms with Gasteiger partial charge in [-0.15, -0.1) is 0 Å². The van der Waals surface area contributed by atoms with Crippen LogP contribution in [-0.2, 0) is 13.0 Å². The molecule has 5 nitrogen and oxygen atoms in total. The van der Waals surface area contributed by atoms with Crippen molar-refractivity contribution in [2.24, 2.45) is 0 Å². The van der Waals surface area contributed by atoms with Crippen molar-refractivity contribution in [2.45, 2.75) is 19.9 Å². The number of aryl methyl sites for hydroxylation is 1. The number of hydrogen-bond donors (Lipinski definition) is 3. The molecule has 3 heterocycles. The molecule has 2 aromatic heterocycles. The number of rotatable bonds is 3. The lowest BCUT2D eigenvalue weighted by molar-refractivity contribution is 0.0963. The van der Waals surface area contributed by atoms with Gasteiger partial charge < -0.3 is 15.6 Å². The number of fused-ring (bicyclic) bond motifs is 2. The van der Waals surface area contributed by atoms with Crippen LogP contribution in [0, 0.1) is 6.92 Å². The standard InChI is InChI=1S/C25H24N4O/c1-15-9-19(10-18-7-8-27-13-22(15)18)20-11-21-23(14-29-24(21)28-12-20)16-3-5-17(6-4-16)25(30)26-2/h3-6,9-12,14,27H,7-8,13H2,1-2H3,(H,26,30)(H,28,29). The lowest BCUT2D eigenvalue weighted by Crippen LogP contribution is -2.24. The average molecular weight is 396 g/mol. The molecule has 0 bridgehead atoms. The highest BCUT2D eigenvalue weighted by molar-refractivity contribution is 5.98. The van der Waals surface area contributed by atoms with Crippen molar-refractivity contribution in [1.82, 2.24) is 20.6 Å². The number of benzene rings is 2. The normalized spacial score (nSPS) is 13.3. The molecule has 0 aliphatic carbocycles. The first kappa shape index (κ1) is 18.6. The summed E-state index contributed by atoms with van der Waals surface area (Å²) in [5.74, 6) is -0.0811. The first-order valence-corrected chi connectivity index (χ1v) is 10.3. The second kappa shape index (κ2) is 7.43. The fourth-order valence-corrected chi connectivity index (χ4v) is 4.31. The van der Waals surface area contributed by atoms with Crippen LogP contribution < -0.4 is 10.6 Å². The van der Waals surface area contributed by atoms with Gasteiger partial charge in [-0.1, -0.05) is 24.3 Å². The summed E-state index contributed by atoms with van der Waals surface area (Å²) in [5.41, 5.74) is 10.2. The molecule has 1 amide bonds. The molecule has 5 heteroatoms. The molecule has 0 radical (unpaired) electrons. The Morgan fingerprint density at radius 2 is 1.90 bits per heavy atom. The highest BCUT2D eigenvalue weighted by atomic mass is 16.1. The van der Waals surface area contributed by atoms with E-state index in [-0.39, 0.29) is 5.91 Å². The van der Waals surface area contributed by atoms with E-state index in [9.17, 15) is 4.79 Å². The van der Waals surface area contributed by atoms with E-state index in [2.05, 4.69) is 45.7 Å². The zero-order valence-electron chi connectivity index (χ0n) is 17.2. The molecule has 0 saturated heterocycles. The number of hydrogen-bond acceptors (Lipinski definition) is 3. The number of pyridine rings is 1. The van der Waals surface area contributed by atoms with E-state index in [1.807, 2.05) is 36.7 Å². The van der Waals surface area contributed by atoms with Gasteiger partial charge in [-0.25, -0.2) is 4.98 Å². The van der Waals surface area contributed by atoms with Crippen molar-refractivity contribution >= 4 is 16.9 Å². The summed E-state index contributed by atoms with van der Waals surface area (Å²) in [5, 5.41) is 7.20. The van der Waals surface area contributed by atoms with Crippen molar-refractivity contribution in [3.63, 3.8) is 0 Å². The smallest absolute Gasteiger partial charge is 0.251 e. The minimum Gasteiger partial charge on any atom is -0.355 e. The highest BCUT2D eigenvalue weighted by Crippen LogP contribution is 2.33. The number of aromatic amines is 1. The van der Waals surface area contributed by atoms with E-state index in [1.54, 1.807) is 7.05 Å². The number of carbonyl (C=O) groups excluding carboxylic acids is 1. The van der Waals surface area contributed by atoms with Gasteiger partial charge in [-0.2, -0.15) is 0 Å². The van der Waals surface area contributed by atoms with Crippen LogP contribution in [0.3, 0.4) is 0 Å². The molecular weight excluding hydrogens is 372 g/mol. The SMILES string of the molecule is CNC(=O)c1ccc(-c2c[nH]c3ncc(-c4cc(C)c5c(c4)CCNC5)cc23)cc1. The van der Waals surface area contributed by atoms with Gasteiger partial charge in [0.2, 0.25) is 0 Å². The Labute approximate surface area is 175 Å².